The Morgan fingerprint density at radius 2 is 1.67 bits per heavy atom. The molecular weight excluding hydrogens is 306 g/mol. The van der Waals surface area contributed by atoms with Crippen molar-refractivity contribution in [2.75, 3.05) is 5.32 Å². The van der Waals surface area contributed by atoms with Crippen LogP contribution in [0.5, 0.6) is 11.5 Å². The minimum atomic E-state index is -0.734. The zero-order valence-corrected chi connectivity index (χ0v) is 14.2. The van der Waals surface area contributed by atoms with E-state index in [0.717, 1.165) is 5.82 Å². The largest absolute Gasteiger partial charge is 0.482 e. The van der Waals surface area contributed by atoms with Crippen molar-refractivity contribution in [3.8, 4) is 11.5 Å². The van der Waals surface area contributed by atoms with Crippen LogP contribution in [0.3, 0.4) is 0 Å². The molecule has 1 aromatic carbocycles. The lowest BCUT2D eigenvalue weighted by atomic mass is 9.96. The highest BCUT2D eigenvalue weighted by Gasteiger charge is 2.34. The van der Waals surface area contributed by atoms with Crippen molar-refractivity contribution >= 4 is 11.6 Å². The number of fused-ring (bicyclic) bond motifs is 1. The van der Waals surface area contributed by atoms with Crippen LogP contribution in [0.2, 0.25) is 0 Å². The molecule has 3 rings (SSSR count). The fourth-order valence-electron chi connectivity index (χ4n) is 2.40. The minimum absolute atomic E-state index is 0.138. The number of anilines is 1. The first-order chi connectivity index (χ1) is 11.3. The Labute approximate surface area is 141 Å². The van der Waals surface area contributed by atoms with Crippen LogP contribution in [0.4, 0.5) is 5.69 Å². The predicted molar refractivity (Wildman–Crippen MR) is 90.3 cm³/mol. The summed E-state index contributed by atoms with van der Waals surface area (Å²) in [5.41, 5.74) is 0.392. The van der Waals surface area contributed by atoms with Crippen LogP contribution in [0, 0.1) is 0 Å². The summed E-state index contributed by atoms with van der Waals surface area (Å²) >= 11 is 0. The molecule has 126 valence electrons. The molecule has 0 bridgehead atoms. The van der Waals surface area contributed by atoms with Crippen LogP contribution in [-0.2, 0) is 10.2 Å². The van der Waals surface area contributed by atoms with Gasteiger partial charge in [0.15, 0.2) is 11.5 Å². The van der Waals surface area contributed by atoms with Gasteiger partial charge in [-0.15, -0.1) is 0 Å². The number of ether oxygens (including phenoxy) is 2. The van der Waals surface area contributed by atoms with Gasteiger partial charge >= 0.3 is 0 Å². The minimum Gasteiger partial charge on any atom is -0.482 e. The molecule has 0 spiro atoms. The monoisotopic (exact) mass is 327 g/mol. The lowest BCUT2D eigenvalue weighted by Crippen LogP contribution is -2.46. The van der Waals surface area contributed by atoms with Crippen LogP contribution < -0.4 is 14.8 Å². The van der Waals surface area contributed by atoms with Gasteiger partial charge in [-0.1, -0.05) is 32.9 Å². The van der Waals surface area contributed by atoms with Gasteiger partial charge < -0.3 is 14.8 Å². The Morgan fingerprint density at radius 3 is 2.25 bits per heavy atom. The second-order valence-corrected chi connectivity index (χ2v) is 6.84. The first-order valence-corrected chi connectivity index (χ1v) is 7.90. The SMILES string of the molecule is C[C@@H]1Oc2ccccc2O[C@@H]1C(=O)Nc1cnc(C(C)(C)C)nc1. The molecule has 0 saturated heterocycles. The lowest BCUT2D eigenvalue weighted by molar-refractivity contribution is -0.128. The zero-order chi connectivity index (χ0) is 17.3. The van der Waals surface area contributed by atoms with E-state index < -0.39 is 12.2 Å². The summed E-state index contributed by atoms with van der Waals surface area (Å²) in [7, 11) is 0. The summed E-state index contributed by atoms with van der Waals surface area (Å²) in [4.78, 5) is 21.1. The van der Waals surface area contributed by atoms with E-state index in [1.807, 2.05) is 39.0 Å². The quantitative estimate of drug-likeness (QED) is 0.918. The molecule has 24 heavy (non-hydrogen) atoms. The van der Waals surface area contributed by atoms with E-state index in [-0.39, 0.29) is 11.3 Å². The van der Waals surface area contributed by atoms with Gasteiger partial charge in [-0.3, -0.25) is 4.79 Å². The summed E-state index contributed by atoms with van der Waals surface area (Å²) in [6.07, 6.45) is 2.08. The maximum Gasteiger partial charge on any atom is 0.269 e. The molecule has 0 aliphatic carbocycles. The normalized spacial score (nSPS) is 19.7. The molecule has 0 fully saturated rings. The van der Waals surface area contributed by atoms with Crippen molar-refractivity contribution in [2.45, 2.75) is 45.3 Å². The van der Waals surface area contributed by atoms with Crippen molar-refractivity contribution in [3.63, 3.8) is 0 Å². The number of hydrogen-bond donors (Lipinski definition) is 1. The number of carbonyl (C=O) groups excluding carboxylic acids is 1. The van der Waals surface area contributed by atoms with E-state index in [1.54, 1.807) is 25.4 Å². The Bertz CT molecular complexity index is 738. The van der Waals surface area contributed by atoms with E-state index in [0.29, 0.717) is 17.2 Å². The highest BCUT2D eigenvalue weighted by Crippen LogP contribution is 2.33. The van der Waals surface area contributed by atoms with E-state index in [9.17, 15) is 4.79 Å². The van der Waals surface area contributed by atoms with Gasteiger partial charge in [-0.05, 0) is 19.1 Å². The van der Waals surface area contributed by atoms with Gasteiger partial charge in [0.1, 0.15) is 11.9 Å². The fourth-order valence-corrected chi connectivity index (χ4v) is 2.40. The third-order valence-electron chi connectivity index (χ3n) is 3.69. The fraction of sp³-hybridized carbons (Fsp3) is 0.389. The molecule has 0 saturated carbocycles. The standard InChI is InChI=1S/C18H21N3O3/c1-11-15(24-14-8-6-5-7-13(14)23-11)16(22)21-12-9-19-17(20-10-12)18(2,3)4/h5-11,15H,1-4H3,(H,21,22)/t11-,15-/m0/s1. The lowest BCUT2D eigenvalue weighted by Gasteiger charge is -2.30. The maximum atomic E-state index is 12.5. The number of rotatable bonds is 2. The van der Waals surface area contributed by atoms with E-state index in [1.165, 1.54) is 0 Å². The number of benzene rings is 1. The molecule has 2 heterocycles. The molecule has 2 atom stereocenters. The number of aromatic nitrogens is 2. The smallest absolute Gasteiger partial charge is 0.269 e. The molecule has 1 N–H and O–H groups in total. The topological polar surface area (TPSA) is 73.3 Å². The molecule has 6 heteroatoms. The number of nitrogens with zero attached hydrogens (tertiary/aromatic N) is 2. The number of amides is 1. The van der Waals surface area contributed by atoms with Crippen LogP contribution in [0.15, 0.2) is 36.7 Å². The number of para-hydroxylation sites is 2. The van der Waals surface area contributed by atoms with Crippen LogP contribution >= 0.6 is 0 Å². The molecule has 1 aliphatic heterocycles. The van der Waals surface area contributed by atoms with Crippen LogP contribution in [0.1, 0.15) is 33.5 Å². The van der Waals surface area contributed by atoms with Crippen LogP contribution in [0.25, 0.3) is 0 Å². The zero-order valence-electron chi connectivity index (χ0n) is 14.2. The van der Waals surface area contributed by atoms with Gasteiger partial charge in [0.2, 0.25) is 6.10 Å². The molecule has 1 amide bonds. The molecule has 1 aliphatic rings. The van der Waals surface area contributed by atoms with Gasteiger partial charge in [0.05, 0.1) is 18.1 Å². The summed E-state index contributed by atoms with van der Waals surface area (Å²) in [6.45, 7) is 7.91. The van der Waals surface area contributed by atoms with E-state index in [4.69, 9.17) is 9.47 Å². The molecule has 0 unspecified atom stereocenters. The first-order valence-electron chi connectivity index (χ1n) is 7.90. The van der Waals surface area contributed by atoms with Crippen molar-refractivity contribution in [1.82, 2.24) is 9.97 Å². The van der Waals surface area contributed by atoms with Crippen molar-refractivity contribution in [2.24, 2.45) is 0 Å². The van der Waals surface area contributed by atoms with Gasteiger partial charge in [0.25, 0.3) is 5.91 Å². The number of hydrogen-bond acceptors (Lipinski definition) is 5. The number of carbonyl (C=O) groups is 1. The molecule has 2 aromatic rings. The Morgan fingerprint density at radius 1 is 1.08 bits per heavy atom. The third kappa shape index (κ3) is 3.32. The Kier molecular flexibility index (Phi) is 4.13. The van der Waals surface area contributed by atoms with Gasteiger partial charge in [0, 0.05) is 5.41 Å². The average molecular weight is 327 g/mol. The van der Waals surface area contributed by atoms with E-state index in [2.05, 4.69) is 15.3 Å². The second-order valence-electron chi connectivity index (χ2n) is 6.84. The second kappa shape index (κ2) is 6.11. The average Bonchev–Trinajstić information content (AvgIpc) is 2.53. The van der Waals surface area contributed by atoms with E-state index >= 15 is 0 Å². The highest BCUT2D eigenvalue weighted by molar-refractivity contribution is 5.94. The number of nitrogens with one attached hydrogen (secondary N) is 1. The predicted octanol–water partition coefficient (Wildman–Crippen LogP) is 2.94. The van der Waals surface area contributed by atoms with Gasteiger partial charge in [-0.25, -0.2) is 9.97 Å². The van der Waals surface area contributed by atoms with Gasteiger partial charge in [-0.2, -0.15) is 0 Å². The first kappa shape index (κ1) is 16.2. The van der Waals surface area contributed by atoms with Crippen molar-refractivity contribution in [1.29, 1.82) is 0 Å². The highest BCUT2D eigenvalue weighted by atomic mass is 16.6. The summed E-state index contributed by atoms with van der Waals surface area (Å²) in [6, 6.07) is 7.30. The van der Waals surface area contributed by atoms with Crippen LogP contribution in [-0.4, -0.2) is 28.1 Å². The third-order valence-corrected chi connectivity index (χ3v) is 3.69. The van der Waals surface area contributed by atoms with Crippen molar-refractivity contribution < 1.29 is 14.3 Å². The summed E-state index contributed by atoms with van der Waals surface area (Å²) in [5, 5.41) is 2.78. The molecular formula is C18H21N3O3. The summed E-state index contributed by atoms with van der Waals surface area (Å²) in [5.74, 6) is 1.64. The van der Waals surface area contributed by atoms with Crippen molar-refractivity contribution in [3.05, 3.63) is 42.5 Å². The Balaban J connectivity index is 1.71. The molecule has 6 nitrogen and oxygen atoms in total. The maximum absolute atomic E-state index is 12.5. The Hall–Kier alpha value is -2.63. The summed E-state index contributed by atoms with van der Waals surface area (Å²) < 4.78 is 11.5. The molecule has 0 radical (unpaired) electrons. The molecule has 1 aromatic heterocycles.